The van der Waals surface area contributed by atoms with Crippen LogP contribution in [-0.4, -0.2) is 38.3 Å². The lowest BCUT2D eigenvalue weighted by Gasteiger charge is -2.42. The Morgan fingerprint density at radius 3 is 3.11 bits per heavy atom. The molecular weight excluding hydrogens is 226 g/mol. The van der Waals surface area contributed by atoms with Gasteiger partial charge < -0.3 is 10.3 Å². The molecule has 100 valence electrons. The van der Waals surface area contributed by atoms with Crippen molar-refractivity contribution in [2.45, 2.75) is 57.8 Å². The van der Waals surface area contributed by atoms with Crippen LogP contribution in [0.3, 0.4) is 0 Å². The van der Waals surface area contributed by atoms with Gasteiger partial charge >= 0.3 is 0 Å². The largest absolute Gasteiger partial charge is 0.326 e. The summed E-state index contributed by atoms with van der Waals surface area (Å²) < 4.78 is 2.15. The molecule has 1 fully saturated rings. The first-order valence-corrected chi connectivity index (χ1v) is 7.14. The van der Waals surface area contributed by atoms with E-state index in [-0.39, 0.29) is 0 Å². The zero-order valence-electron chi connectivity index (χ0n) is 11.1. The maximum absolute atomic E-state index is 6.34. The first-order valence-electron chi connectivity index (χ1n) is 7.14. The quantitative estimate of drug-likeness (QED) is 0.849. The molecule has 5 heteroatoms. The molecular formula is C13H23N5. The monoisotopic (exact) mass is 249 g/mol. The molecule has 3 atom stereocenters. The Labute approximate surface area is 108 Å². The fourth-order valence-electron chi connectivity index (χ4n) is 3.41. The highest BCUT2D eigenvalue weighted by Crippen LogP contribution is 2.30. The molecule has 1 saturated carbocycles. The minimum Gasteiger partial charge on any atom is -0.326 e. The summed E-state index contributed by atoms with van der Waals surface area (Å²) in [5.74, 6) is 1.95. The summed E-state index contributed by atoms with van der Waals surface area (Å²) in [5, 5.41) is 8.19. The average Bonchev–Trinajstić information content (AvgIpc) is 2.86. The Hall–Kier alpha value is -0.940. The van der Waals surface area contributed by atoms with E-state index >= 15 is 0 Å². The highest BCUT2D eigenvalue weighted by molar-refractivity contribution is 4.96. The first kappa shape index (κ1) is 12.1. The second-order valence-electron chi connectivity index (χ2n) is 5.73. The first-order chi connectivity index (χ1) is 8.78. The van der Waals surface area contributed by atoms with Crippen LogP contribution < -0.4 is 5.73 Å². The third kappa shape index (κ3) is 2.17. The van der Waals surface area contributed by atoms with Crippen LogP contribution in [0.15, 0.2) is 6.33 Å². The fourth-order valence-corrected chi connectivity index (χ4v) is 3.41. The van der Waals surface area contributed by atoms with Crippen molar-refractivity contribution in [2.24, 2.45) is 11.7 Å². The third-order valence-corrected chi connectivity index (χ3v) is 4.69. The topological polar surface area (TPSA) is 60.0 Å². The van der Waals surface area contributed by atoms with Crippen LogP contribution in [0.4, 0.5) is 0 Å². The molecule has 1 aromatic heterocycles. The number of nitrogens with zero attached hydrogens (tertiary/aromatic N) is 4. The lowest BCUT2D eigenvalue weighted by molar-refractivity contribution is 0.0839. The van der Waals surface area contributed by atoms with Gasteiger partial charge in [-0.25, -0.2) is 0 Å². The van der Waals surface area contributed by atoms with Crippen LogP contribution in [0.2, 0.25) is 0 Å². The highest BCUT2D eigenvalue weighted by atomic mass is 15.3. The van der Waals surface area contributed by atoms with E-state index in [1.807, 2.05) is 6.33 Å². The van der Waals surface area contributed by atoms with Crippen molar-refractivity contribution in [1.82, 2.24) is 19.7 Å². The van der Waals surface area contributed by atoms with Gasteiger partial charge in [0, 0.05) is 25.2 Å². The van der Waals surface area contributed by atoms with Crippen molar-refractivity contribution >= 4 is 0 Å². The van der Waals surface area contributed by atoms with Gasteiger partial charge in [0.2, 0.25) is 0 Å². The van der Waals surface area contributed by atoms with E-state index in [9.17, 15) is 0 Å². The maximum atomic E-state index is 6.34. The molecule has 0 amide bonds. The van der Waals surface area contributed by atoms with E-state index in [0.717, 1.165) is 31.4 Å². The standard InChI is InChI=1S/C13H23N5/c1-2-10-3-4-11(14)12(7-10)17-5-6-18-9-15-16-13(18)8-17/h9-12H,2-8,14H2,1H3. The van der Waals surface area contributed by atoms with Crippen LogP contribution >= 0.6 is 0 Å². The molecule has 0 saturated heterocycles. The van der Waals surface area contributed by atoms with E-state index in [4.69, 9.17) is 5.73 Å². The number of rotatable bonds is 2. The van der Waals surface area contributed by atoms with Gasteiger partial charge in [-0.3, -0.25) is 4.90 Å². The van der Waals surface area contributed by atoms with E-state index in [1.165, 1.54) is 25.7 Å². The lowest BCUT2D eigenvalue weighted by Crippen LogP contribution is -2.53. The van der Waals surface area contributed by atoms with Crippen LogP contribution in [0.25, 0.3) is 0 Å². The van der Waals surface area contributed by atoms with Gasteiger partial charge in [0.15, 0.2) is 0 Å². The van der Waals surface area contributed by atoms with Crippen LogP contribution in [0, 0.1) is 5.92 Å². The summed E-state index contributed by atoms with van der Waals surface area (Å²) in [6.45, 7) is 5.29. The molecule has 5 nitrogen and oxygen atoms in total. The highest BCUT2D eigenvalue weighted by Gasteiger charge is 2.33. The maximum Gasteiger partial charge on any atom is 0.147 e. The zero-order chi connectivity index (χ0) is 12.5. The molecule has 1 aliphatic carbocycles. The molecule has 0 aromatic carbocycles. The van der Waals surface area contributed by atoms with Crippen LogP contribution in [-0.2, 0) is 13.1 Å². The fraction of sp³-hybridized carbons (Fsp3) is 0.846. The van der Waals surface area contributed by atoms with Crippen molar-refractivity contribution in [3.8, 4) is 0 Å². The molecule has 0 radical (unpaired) electrons. The molecule has 2 aliphatic rings. The Morgan fingerprint density at radius 2 is 2.28 bits per heavy atom. The zero-order valence-corrected chi connectivity index (χ0v) is 11.1. The van der Waals surface area contributed by atoms with E-state index in [1.54, 1.807) is 0 Å². The molecule has 1 aromatic rings. The molecule has 1 aliphatic heterocycles. The van der Waals surface area contributed by atoms with Gasteiger partial charge in [-0.2, -0.15) is 0 Å². The summed E-state index contributed by atoms with van der Waals surface area (Å²) in [7, 11) is 0. The molecule has 3 rings (SSSR count). The average molecular weight is 249 g/mol. The Balaban J connectivity index is 1.71. The van der Waals surface area contributed by atoms with Crippen LogP contribution in [0.5, 0.6) is 0 Å². The van der Waals surface area contributed by atoms with Gasteiger partial charge in [-0.15, -0.1) is 10.2 Å². The third-order valence-electron chi connectivity index (χ3n) is 4.69. The minimum atomic E-state index is 0.335. The lowest BCUT2D eigenvalue weighted by atomic mass is 9.80. The molecule has 2 heterocycles. The second-order valence-corrected chi connectivity index (χ2v) is 5.73. The summed E-state index contributed by atoms with van der Waals surface area (Å²) >= 11 is 0. The van der Waals surface area contributed by atoms with Gasteiger partial charge in [-0.05, 0) is 25.2 Å². The molecule has 2 N–H and O–H groups in total. The Bertz CT molecular complexity index is 402. The SMILES string of the molecule is CCC1CCC(N)C(N2CCn3cnnc3C2)C1. The summed E-state index contributed by atoms with van der Waals surface area (Å²) in [4.78, 5) is 2.52. The van der Waals surface area contributed by atoms with Gasteiger partial charge in [0.05, 0.1) is 6.54 Å². The van der Waals surface area contributed by atoms with Crippen molar-refractivity contribution < 1.29 is 0 Å². The number of aromatic nitrogens is 3. The Morgan fingerprint density at radius 1 is 1.39 bits per heavy atom. The second kappa shape index (κ2) is 4.97. The molecule has 0 spiro atoms. The Kier molecular flexibility index (Phi) is 3.35. The molecule has 18 heavy (non-hydrogen) atoms. The van der Waals surface area contributed by atoms with Crippen LogP contribution in [0.1, 0.15) is 38.4 Å². The van der Waals surface area contributed by atoms with E-state index in [0.29, 0.717) is 12.1 Å². The molecule has 3 unspecified atom stereocenters. The number of hydrogen-bond acceptors (Lipinski definition) is 4. The minimum absolute atomic E-state index is 0.335. The van der Waals surface area contributed by atoms with Crippen molar-refractivity contribution in [3.05, 3.63) is 12.2 Å². The summed E-state index contributed by atoms with van der Waals surface area (Å²) in [6.07, 6.45) is 6.85. The predicted octanol–water partition coefficient (Wildman–Crippen LogP) is 1.000. The summed E-state index contributed by atoms with van der Waals surface area (Å²) in [6, 6.07) is 0.872. The number of nitrogens with two attached hydrogens (primary N) is 1. The number of hydrogen-bond donors (Lipinski definition) is 1. The number of fused-ring (bicyclic) bond motifs is 1. The predicted molar refractivity (Wildman–Crippen MR) is 69.8 cm³/mol. The van der Waals surface area contributed by atoms with Crippen molar-refractivity contribution in [1.29, 1.82) is 0 Å². The van der Waals surface area contributed by atoms with Gasteiger partial charge in [0.25, 0.3) is 0 Å². The van der Waals surface area contributed by atoms with Gasteiger partial charge in [-0.1, -0.05) is 13.3 Å². The van der Waals surface area contributed by atoms with Gasteiger partial charge in [0.1, 0.15) is 12.2 Å². The van der Waals surface area contributed by atoms with E-state index in [2.05, 4.69) is 26.6 Å². The molecule has 0 bridgehead atoms. The summed E-state index contributed by atoms with van der Waals surface area (Å²) in [5.41, 5.74) is 6.34. The normalized spacial score (nSPS) is 33.3. The van der Waals surface area contributed by atoms with Crippen molar-refractivity contribution in [2.75, 3.05) is 6.54 Å². The smallest absolute Gasteiger partial charge is 0.147 e. The van der Waals surface area contributed by atoms with E-state index < -0.39 is 0 Å². The van der Waals surface area contributed by atoms with Crippen molar-refractivity contribution in [3.63, 3.8) is 0 Å².